The van der Waals surface area contributed by atoms with E-state index in [0.29, 0.717) is 25.8 Å². The van der Waals surface area contributed by atoms with Crippen molar-refractivity contribution in [3.05, 3.63) is 35.4 Å². The summed E-state index contributed by atoms with van der Waals surface area (Å²) < 4.78 is 0. The second-order valence-corrected chi connectivity index (χ2v) is 7.59. The lowest BCUT2D eigenvalue weighted by Gasteiger charge is -2.37. The van der Waals surface area contributed by atoms with E-state index < -0.39 is 17.5 Å². The van der Waals surface area contributed by atoms with E-state index in [2.05, 4.69) is 5.32 Å². The quantitative estimate of drug-likeness (QED) is 0.793. The maximum absolute atomic E-state index is 13.0. The number of benzene rings is 1. The third-order valence-corrected chi connectivity index (χ3v) is 5.95. The number of urea groups is 1. The van der Waals surface area contributed by atoms with Gasteiger partial charge in [0.15, 0.2) is 0 Å². The molecule has 1 saturated heterocycles. The topological polar surface area (TPSA) is 95.7 Å². The first-order chi connectivity index (χ1) is 12.5. The maximum Gasteiger partial charge on any atom is 0.326 e. The van der Waals surface area contributed by atoms with Crippen LogP contribution in [0.2, 0.25) is 0 Å². The van der Waals surface area contributed by atoms with Crippen LogP contribution >= 0.6 is 0 Å². The van der Waals surface area contributed by atoms with Gasteiger partial charge in [-0.3, -0.25) is 14.5 Å². The molecule has 7 heteroatoms. The Labute approximate surface area is 152 Å². The molecule has 3 aliphatic rings. The minimum absolute atomic E-state index is 0.0916. The van der Waals surface area contributed by atoms with Gasteiger partial charge >= 0.3 is 6.03 Å². The number of hydrogen-bond acceptors (Lipinski definition) is 4. The number of carbonyl (C=O) groups excluding carboxylic acids is 3. The molecule has 2 heterocycles. The van der Waals surface area contributed by atoms with E-state index >= 15 is 0 Å². The number of imide groups is 1. The Bertz CT molecular complexity index is 757. The minimum Gasteiger partial charge on any atom is -0.368 e. The molecule has 1 aromatic rings. The lowest BCUT2D eigenvalue weighted by Crippen LogP contribution is -2.54. The van der Waals surface area contributed by atoms with Crippen LogP contribution in [0.5, 0.6) is 0 Å². The SMILES string of the molecule is NC(=O)[C@H]1Cc2ccccc2CN1CN1C(=O)NC2(CCCCC2)C1=O. The average Bonchev–Trinajstić information content (AvgIpc) is 2.85. The molecule has 1 aromatic carbocycles. The molecule has 1 atom stereocenters. The van der Waals surface area contributed by atoms with Crippen molar-refractivity contribution < 1.29 is 14.4 Å². The van der Waals surface area contributed by atoms with E-state index in [9.17, 15) is 14.4 Å². The summed E-state index contributed by atoms with van der Waals surface area (Å²) in [5, 5.41) is 2.92. The fourth-order valence-corrected chi connectivity index (χ4v) is 4.49. The van der Waals surface area contributed by atoms with Crippen molar-refractivity contribution in [1.29, 1.82) is 0 Å². The number of nitrogens with two attached hydrogens (primary N) is 1. The van der Waals surface area contributed by atoms with E-state index in [-0.39, 0.29) is 18.6 Å². The number of nitrogens with zero attached hydrogens (tertiary/aromatic N) is 2. The van der Waals surface area contributed by atoms with Crippen molar-refractivity contribution in [2.24, 2.45) is 5.73 Å². The van der Waals surface area contributed by atoms with Gasteiger partial charge in [-0.15, -0.1) is 0 Å². The zero-order valence-electron chi connectivity index (χ0n) is 14.7. The summed E-state index contributed by atoms with van der Waals surface area (Å²) in [7, 11) is 0. The Morgan fingerprint density at radius 2 is 1.85 bits per heavy atom. The minimum atomic E-state index is -0.745. The first-order valence-corrected chi connectivity index (χ1v) is 9.24. The third-order valence-electron chi connectivity index (χ3n) is 5.95. The molecule has 4 amide bonds. The smallest absolute Gasteiger partial charge is 0.326 e. The molecule has 2 aliphatic heterocycles. The van der Waals surface area contributed by atoms with E-state index in [4.69, 9.17) is 5.73 Å². The molecule has 0 bridgehead atoms. The van der Waals surface area contributed by atoms with E-state index in [1.54, 1.807) is 0 Å². The van der Waals surface area contributed by atoms with Gasteiger partial charge in [0.25, 0.3) is 5.91 Å². The molecule has 1 saturated carbocycles. The van der Waals surface area contributed by atoms with Crippen molar-refractivity contribution in [3.8, 4) is 0 Å². The monoisotopic (exact) mass is 356 g/mol. The standard InChI is InChI=1S/C19H24N4O3/c20-16(24)15-10-13-6-2-3-7-14(13)11-22(15)12-23-17(25)19(21-18(23)26)8-4-1-5-9-19/h2-3,6-7,15H,1,4-5,8-12H2,(H2,20,24)(H,21,26)/t15-/m1/s1. The molecule has 3 N–H and O–H groups in total. The van der Waals surface area contributed by atoms with Crippen LogP contribution in [0.3, 0.4) is 0 Å². The summed E-state index contributed by atoms with van der Waals surface area (Å²) in [5.41, 5.74) is 7.06. The van der Waals surface area contributed by atoms with Crippen molar-refractivity contribution in [2.45, 2.75) is 56.7 Å². The molecule has 0 radical (unpaired) electrons. The summed E-state index contributed by atoms with van der Waals surface area (Å²) in [5.74, 6) is -0.594. The molecular formula is C19H24N4O3. The van der Waals surface area contributed by atoms with E-state index in [1.165, 1.54) is 4.90 Å². The molecule has 1 spiro atoms. The third kappa shape index (κ3) is 2.76. The molecule has 7 nitrogen and oxygen atoms in total. The van der Waals surface area contributed by atoms with Crippen LogP contribution in [0, 0.1) is 0 Å². The normalized spacial score (nSPS) is 25.2. The number of carbonyl (C=O) groups is 3. The van der Waals surface area contributed by atoms with Gasteiger partial charge in [0.1, 0.15) is 5.54 Å². The molecule has 26 heavy (non-hydrogen) atoms. The van der Waals surface area contributed by atoms with Crippen LogP contribution < -0.4 is 11.1 Å². The molecule has 2 fully saturated rings. The maximum atomic E-state index is 13.0. The number of amides is 4. The Kier molecular flexibility index (Phi) is 4.19. The second kappa shape index (κ2) is 6.39. The second-order valence-electron chi connectivity index (χ2n) is 7.59. The van der Waals surface area contributed by atoms with E-state index in [0.717, 1.165) is 30.4 Å². The van der Waals surface area contributed by atoms with Gasteiger partial charge in [-0.05, 0) is 30.4 Å². The van der Waals surface area contributed by atoms with Crippen molar-refractivity contribution in [3.63, 3.8) is 0 Å². The Morgan fingerprint density at radius 1 is 1.15 bits per heavy atom. The lowest BCUT2D eigenvalue weighted by molar-refractivity contribution is -0.136. The molecule has 0 unspecified atom stereocenters. The first-order valence-electron chi connectivity index (χ1n) is 9.24. The lowest BCUT2D eigenvalue weighted by atomic mass is 9.82. The zero-order chi connectivity index (χ0) is 18.3. The highest BCUT2D eigenvalue weighted by molar-refractivity contribution is 6.07. The average molecular weight is 356 g/mol. The van der Waals surface area contributed by atoms with Gasteiger partial charge < -0.3 is 11.1 Å². The van der Waals surface area contributed by atoms with Crippen LogP contribution in [-0.4, -0.2) is 45.9 Å². The summed E-state index contributed by atoms with van der Waals surface area (Å²) in [6, 6.07) is 7.01. The van der Waals surface area contributed by atoms with Gasteiger partial charge in [-0.25, -0.2) is 9.69 Å². The fraction of sp³-hybridized carbons (Fsp3) is 0.526. The molecule has 138 valence electrons. The van der Waals surface area contributed by atoms with Crippen LogP contribution in [0.4, 0.5) is 4.79 Å². The number of rotatable bonds is 3. The molecular weight excluding hydrogens is 332 g/mol. The first kappa shape index (κ1) is 17.0. The van der Waals surface area contributed by atoms with Crippen LogP contribution in [0.25, 0.3) is 0 Å². The largest absolute Gasteiger partial charge is 0.368 e. The fourth-order valence-electron chi connectivity index (χ4n) is 4.49. The highest BCUT2D eigenvalue weighted by atomic mass is 16.2. The number of fused-ring (bicyclic) bond motifs is 1. The van der Waals surface area contributed by atoms with E-state index in [1.807, 2.05) is 29.2 Å². The number of primary amides is 1. The summed E-state index contributed by atoms with van der Waals surface area (Å²) in [6.45, 7) is 0.586. The van der Waals surface area contributed by atoms with Gasteiger partial charge in [0.05, 0.1) is 12.7 Å². The molecule has 0 aromatic heterocycles. The summed E-state index contributed by atoms with van der Waals surface area (Å²) in [4.78, 5) is 40.6. The number of hydrogen-bond donors (Lipinski definition) is 2. The van der Waals surface area contributed by atoms with Crippen molar-refractivity contribution in [1.82, 2.24) is 15.1 Å². The van der Waals surface area contributed by atoms with Crippen LogP contribution in [0.15, 0.2) is 24.3 Å². The zero-order valence-corrected chi connectivity index (χ0v) is 14.7. The Hall–Kier alpha value is -2.41. The van der Waals surface area contributed by atoms with Gasteiger partial charge in [-0.2, -0.15) is 0 Å². The number of nitrogens with one attached hydrogen (secondary N) is 1. The molecule has 4 rings (SSSR count). The summed E-state index contributed by atoms with van der Waals surface area (Å²) in [6.07, 6.45) is 4.87. The van der Waals surface area contributed by atoms with Crippen molar-refractivity contribution in [2.75, 3.05) is 6.67 Å². The van der Waals surface area contributed by atoms with Gasteiger partial charge in [-0.1, -0.05) is 43.5 Å². The van der Waals surface area contributed by atoms with Gasteiger partial charge in [0, 0.05) is 6.54 Å². The molecule has 1 aliphatic carbocycles. The highest BCUT2D eigenvalue weighted by Crippen LogP contribution is 2.34. The summed E-state index contributed by atoms with van der Waals surface area (Å²) >= 11 is 0. The van der Waals surface area contributed by atoms with Gasteiger partial charge in [0.2, 0.25) is 5.91 Å². The van der Waals surface area contributed by atoms with Crippen LogP contribution in [-0.2, 0) is 22.6 Å². The Balaban J connectivity index is 1.56. The highest BCUT2D eigenvalue weighted by Gasteiger charge is 2.52. The van der Waals surface area contributed by atoms with Crippen LogP contribution in [0.1, 0.15) is 43.2 Å². The Morgan fingerprint density at radius 3 is 2.54 bits per heavy atom. The predicted octanol–water partition coefficient (Wildman–Crippen LogP) is 1.11. The predicted molar refractivity (Wildman–Crippen MR) is 94.7 cm³/mol. The van der Waals surface area contributed by atoms with Crippen molar-refractivity contribution >= 4 is 17.8 Å².